The van der Waals surface area contributed by atoms with Crippen molar-refractivity contribution in [3.05, 3.63) is 0 Å². The van der Waals surface area contributed by atoms with Crippen molar-refractivity contribution >= 4 is 17.9 Å². The van der Waals surface area contributed by atoms with Crippen LogP contribution in [-0.4, -0.2) is 46.4 Å². The maximum Gasteiger partial charge on any atom is 0.311 e. The van der Waals surface area contributed by atoms with Crippen molar-refractivity contribution in [2.24, 2.45) is 64.6 Å². The van der Waals surface area contributed by atoms with E-state index in [1.165, 1.54) is 26.2 Å². The highest BCUT2D eigenvalue weighted by molar-refractivity contribution is 5.80. The lowest BCUT2D eigenvalue weighted by Crippen LogP contribution is -2.47. The number of esters is 1. The fourth-order valence-corrected chi connectivity index (χ4v) is 8.45. The largest absolute Gasteiger partial charge is 0.481 e. The van der Waals surface area contributed by atoms with E-state index < -0.39 is 29.2 Å². The van der Waals surface area contributed by atoms with E-state index in [2.05, 4.69) is 0 Å². The van der Waals surface area contributed by atoms with Gasteiger partial charge in [-0.3, -0.25) is 14.4 Å². The Labute approximate surface area is 227 Å². The number of rotatable bonds is 9. The van der Waals surface area contributed by atoms with Crippen molar-refractivity contribution in [2.75, 3.05) is 13.2 Å². The molecule has 0 aliphatic heterocycles. The molecule has 222 valence electrons. The molecule has 0 radical (unpaired) electrons. The van der Waals surface area contributed by atoms with Crippen LogP contribution in [-0.2, 0) is 19.1 Å². The molecule has 37 heavy (non-hydrogen) atoms. The van der Waals surface area contributed by atoms with E-state index in [-0.39, 0.29) is 81.5 Å². The fourth-order valence-electron chi connectivity index (χ4n) is 8.45. The third-order valence-electron chi connectivity index (χ3n) is 9.37. The summed E-state index contributed by atoms with van der Waals surface area (Å²) in [7, 11) is 0. The molecule has 10 unspecified atom stereocenters. The number of carbonyl (C=O) groups is 3. The number of fused-ring (bicyclic) bond motifs is 9. The molecule has 0 aromatic carbocycles. The second kappa shape index (κ2) is 14.5. The van der Waals surface area contributed by atoms with Crippen molar-refractivity contribution in [1.29, 1.82) is 0 Å². The second-order valence-electron chi connectivity index (χ2n) is 11.2. The van der Waals surface area contributed by atoms with Crippen LogP contribution in [0.4, 0.5) is 0 Å². The first-order valence-electron chi connectivity index (χ1n) is 11.8. The summed E-state index contributed by atoms with van der Waals surface area (Å²) < 4.78 is 5.21. The lowest BCUT2D eigenvalue weighted by Gasteiger charge is -2.47. The van der Waals surface area contributed by atoms with Crippen LogP contribution in [0.3, 0.4) is 0 Å². The van der Waals surface area contributed by atoms with Crippen molar-refractivity contribution in [3.8, 4) is 0 Å². The first-order chi connectivity index (χ1) is 14.6. The smallest absolute Gasteiger partial charge is 0.311 e. The summed E-state index contributed by atoms with van der Waals surface area (Å²) in [6.07, 6.45) is 5.17. The van der Waals surface area contributed by atoms with Gasteiger partial charge in [0.05, 0.1) is 23.9 Å². The normalized spacial score (nSPS) is 33.4. The zero-order chi connectivity index (χ0) is 22.7. The molecule has 0 aromatic heterocycles. The highest BCUT2D eigenvalue weighted by atomic mass is 16.5. The first kappa shape index (κ1) is 39.9. The number of aliphatic carboxylic acids is 2. The molecule has 0 saturated heterocycles. The Balaban J connectivity index is -0.00000193. The van der Waals surface area contributed by atoms with Gasteiger partial charge in [0, 0.05) is 0 Å². The van der Waals surface area contributed by atoms with Gasteiger partial charge in [0.2, 0.25) is 0 Å². The van der Waals surface area contributed by atoms with Gasteiger partial charge in [-0.2, -0.15) is 0 Å². The van der Waals surface area contributed by atoms with Gasteiger partial charge in [-0.05, 0) is 93.3 Å². The van der Waals surface area contributed by atoms with Gasteiger partial charge in [0.15, 0.2) is 0 Å². The topological polar surface area (TPSA) is 121 Å². The molecule has 0 aromatic rings. The van der Waals surface area contributed by atoms with Crippen molar-refractivity contribution in [3.63, 3.8) is 0 Å². The van der Waals surface area contributed by atoms with E-state index in [4.69, 9.17) is 9.84 Å². The average Bonchev–Trinajstić information content (AvgIpc) is 3.45. The van der Waals surface area contributed by atoms with Gasteiger partial charge in [-0.25, -0.2) is 0 Å². The monoisotopic (exact) mass is 532 g/mol. The van der Waals surface area contributed by atoms with Crippen LogP contribution in [0.15, 0.2) is 0 Å². The van der Waals surface area contributed by atoms with E-state index in [0.29, 0.717) is 36.0 Å². The van der Waals surface area contributed by atoms with E-state index in [1.807, 2.05) is 13.8 Å². The Morgan fingerprint density at radius 2 is 1.38 bits per heavy atom. The van der Waals surface area contributed by atoms with Crippen LogP contribution in [0, 0.1) is 64.6 Å². The van der Waals surface area contributed by atoms with Gasteiger partial charge in [0.25, 0.3) is 0 Å². The number of hydrogen-bond donors (Lipinski definition) is 3. The SMILES string of the molecule is C.C.C.C.C.C.CC(C(=O)O)C(C(=O)O)C1C(CC(C)(C)C(=O)OCCO)C2CC1C1C3CCC(C3)C21. The lowest BCUT2D eigenvalue weighted by atomic mass is 9.57. The molecular formula is C30H60O7. The molecule has 4 bridgehead atoms. The maximum absolute atomic E-state index is 12.7. The van der Waals surface area contributed by atoms with E-state index in [1.54, 1.807) is 0 Å². The zero-order valence-electron chi connectivity index (χ0n) is 18.7. The summed E-state index contributed by atoms with van der Waals surface area (Å²) >= 11 is 0. The summed E-state index contributed by atoms with van der Waals surface area (Å²) in [5.74, 6) is -1.52. The number of hydrogen-bond acceptors (Lipinski definition) is 5. The predicted octanol–water partition coefficient (Wildman–Crippen LogP) is 6.72. The summed E-state index contributed by atoms with van der Waals surface area (Å²) in [6.45, 7) is 4.88. The number of aliphatic hydroxyl groups is 1. The summed E-state index contributed by atoms with van der Waals surface area (Å²) in [5, 5.41) is 28.8. The molecular weight excluding hydrogens is 472 g/mol. The van der Waals surface area contributed by atoms with E-state index in [9.17, 15) is 24.6 Å². The van der Waals surface area contributed by atoms with Crippen LogP contribution in [0.5, 0.6) is 0 Å². The number of carboxylic acids is 2. The molecule has 4 rings (SSSR count). The fraction of sp³-hybridized carbons (Fsp3) is 0.900. The summed E-state index contributed by atoms with van der Waals surface area (Å²) in [4.78, 5) is 36.9. The Bertz CT molecular complexity index is 748. The molecule has 4 aliphatic rings. The molecule has 4 aliphatic carbocycles. The van der Waals surface area contributed by atoms with Crippen molar-refractivity contribution in [2.45, 2.75) is 97.4 Å². The Morgan fingerprint density at radius 1 is 0.865 bits per heavy atom. The first-order valence-corrected chi connectivity index (χ1v) is 11.8. The Kier molecular flexibility index (Phi) is 15.6. The van der Waals surface area contributed by atoms with Crippen LogP contribution in [0.25, 0.3) is 0 Å². The standard InChI is InChI=1S/C24H36O7.6CH4/c1-11(21(26)27)17(22(28)29)20-15-9-14(18-12-4-5-13(8-12)19(15)18)16(20)10-24(2,3)23(30)31-7-6-25;;;;;;/h11-20,25H,4-10H2,1-3H3,(H,26,27)(H,28,29);6*1H4. The molecule has 10 atom stereocenters. The van der Waals surface area contributed by atoms with Crippen LogP contribution in [0.2, 0.25) is 0 Å². The minimum atomic E-state index is -1.07. The Hall–Kier alpha value is -1.63. The zero-order valence-corrected chi connectivity index (χ0v) is 18.7. The molecule has 4 fully saturated rings. The predicted molar refractivity (Wildman–Crippen MR) is 151 cm³/mol. The minimum absolute atomic E-state index is 0. The molecule has 7 nitrogen and oxygen atoms in total. The molecule has 4 saturated carbocycles. The second-order valence-corrected chi connectivity index (χ2v) is 11.2. The minimum Gasteiger partial charge on any atom is -0.481 e. The number of carboxylic acid groups (broad SMARTS) is 2. The third-order valence-corrected chi connectivity index (χ3v) is 9.37. The van der Waals surface area contributed by atoms with Gasteiger partial charge < -0.3 is 20.1 Å². The van der Waals surface area contributed by atoms with Crippen molar-refractivity contribution in [1.82, 2.24) is 0 Å². The molecule has 0 heterocycles. The summed E-state index contributed by atoms with van der Waals surface area (Å²) in [5.41, 5.74) is -0.814. The van der Waals surface area contributed by atoms with Crippen molar-refractivity contribution < 1.29 is 34.4 Å². The highest BCUT2D eigenvalue weighted by Gasteiger charge is 2.68. The highest BCUT2D eigenvalue weighted by Crippen LogP contribution is 2.72. The van der Waals surface area contributed by atoms with E-state index in [0.717, 1.165) is 6.42 Å². The molecule has 0 amide bonds. The average molecular weight is 533 g/mol. The van der Waals surface area contributed by atoms with Crippen LogP contribution in [0.1, 0.15) is 97.4 Å². The van der Waals surface area contributed by atoms with E-state index >= 15 is 0 Å². The van der Waals surface area contributed by atoms with Gasteiger partial charge in [0.1, 0.15) is 6.61 Å². The number of ether oxygens (including phenoxy) is 1. The summed E-state index contributed by atoms with van der Waals surface area (Å²) in [6, 6.07) is 0. The lowest BCUT2D eigenvalue weighted by molar-refractivity contribution is -0.162. The Morgan fingerprint density at radius 3 is 1.84 bits per heavy atom. The van der Waals surface area contributed by atoms with Gasteiger partial charge in [-0.1, -0.05) is 51.5 Å². The van der Waals surface area contributed by atoms with Gasteiger partial charge >= 0.3 is 17.9 Å². The van der Waals surface area contributed by atoms with Crippen LogP contribution >= 0.6 is 0 Å². The molecule has 3 N–H and O–H groups in total. The maximum atomic E-state index is 12.7. The molecule has 0 spiro atoms. The number of aliphatic hydroxyl groups excluding tert-OH is 1. The van der Waals surface area contributed by atoms with Gasteiger partial charge in [-0.15, -0.1) is 0 Å². The third kappa shape index (κ3) is 6.51. The van der Waals surface area contributed by atoms with Crippen LogP contribution < -0.4 is 0 Å². The number of carbonyl (C=O) groups excluding carboxylic acids is 1. The quantitative estimate of drug-likeness (QED) is 0.222. The molecule has 7 heteroatoms.